The Balaban J connectivity index is 1.71. The predicted octanol–water partition coefficient (Wildman–Crippen LogP) is 2.78. The maximum absolute atomic E-state index is 11.0. The van der Waals surface area contributed by atoms with E-state index in [9.17, 15) is 4.79 Å². The minimum absolute atomic E-state index is 0.212. The monoisotopic (exact) mass is 304 g/mol. The van der Waals surface area contributed by atoms with Crippen LogP contribution in [0.25, 0.3) is 0 Å². The lowest BCUT2D eigenvalue weighted by Crippen LogP contribution is -2.10. The van der Waals surface area contributed by atoms with E-state index >= 15 is 0 Å². The fourth-order valence-electron chi connectivity index (χ4n) is 2.04. The van der Waals surface area contributed by atoms with Crippen molar-refractivity contribution in [1.29, 1.82) is 0 Å². The molecular formula is C15H13ClN2O3. The number of ether oxygens (including phenoxy) is 2. The summed E-state index contributed by atoms with van der Waals surface area (Å²) in [6.07, 6.45) is 0. The van der Waals surface area contributed by atoms with Crippen molar-refractivity contribution in [3.63, 3.8) is 0 Å². The van der Waals surface area contributed by atoms with E-state index in [2.05, 4.69) is 5.32 Å². The van der Waals surface area contributed by atoms with Crippen molar-refractivity contribution in [3.8, 4) is 11.5 Å². The molecule has 3 rings (SSSR count). The summed E-state index contributed by atoms with van der Waals surface area (Å²) in [6, 6.07) is 10.6. The third kappa shape index (κ3) is 2.87. The molecule has 1 aliphatic heterocycles. The van der Waals surface area contributed by atoms with Crippen LogP contribution in [0.3, 0.4) is 0 Å². The number of hydrogen-bond donors (Lipinski definition) is 2. The van der Waals surface area contributed by atoms with Crippen LogP contribution in [-0.4, -0.2) is 12.7 Å². The van der Waals surface area contributed by atoms with Gasteiger partial charge < -0.3 is 20.5 Å². The summed E-state index contributed by atoms with van der Waals surface area (Å²) in [7, 11) is 0. The van der Waals surface area contributed by atoms with E-state index < -0.39 is 5.91 Å². The highest BCUT2D eigenvalue weighted by molar-refractivity contribution is 6.33. The number of carbonyl (C=O) groups is 1. The average Bonchev–Trinajstić information content (AvgIpc) is 2.92. The maximum Gasteiger partial charge on any atom is 0.248 e. The number of hydrogen-bond acceptors (Lipinski definition) is 4. The summed E-state index contributed by atoms with van der Waals surface area (Å²) < 4.78 is 10.6. The molecule has 0 saturated heterocycles. The minimum Gasteiger partial charge on any atom is -0.454 e. The number of nitrogens with two attached hydrogens (primary N) is 1. The lowest BCUT2D eigenvalue weighted by atomic mass is 10.1. The molecule has 3 N–H and O–H groups in total. The molecule has 5 nitrogen and oxygen atoms in total. The molecular weight excluding hydrogens is 292 g/mol. The van der Waals surface area contributed by atoms with Gasteiger partial charge in [-0.2, -0.15) is 0 Å². The summed E-state index contributed by atoms with van der Waals surface area (Å²) in [6.45, 7) is 0.780. The molecule has 1 aliphatic rings. The third-order valence-corrected chi connectivity index (χ3v) is 3.50. The van der Waals surface area contributed by atoms with E-state index in [4.69, 9.17) is 26.8 Å². The molecule has 0 saturated carbocycles. The number of carbonyl (C=O) groups excluding carboxylic acids is 1. The second-order valence-electron chi connectivity index (χ2n) is 4.60. The normalized spacial score (nSPS) is 12.2. The van der Waals surface area contributed by atoms with Gasteiger partial charge in [0.05, 0.1) is 10.7 Å². The van der Waals surface area contributed by atoms with E-state index in [1.165, 1.54) is 0 Å². The van der Waals surface area contributed by atoms with E-state index in [0.29, 0.717) is 28.6 Å². The van der Waals surface area contributed by atoms with Crippen molar-refractivity contribution in [2.75, 3.05) is 12.1 Å². The number of amides is 1. The second-order valence-corrected chi connectivity index (χ2v) is 5.01. The average molecular weight is 305 g/mol. The Hall–Kier alpha value is -2.40. The minimum atomic E-state index is -0.437. The van der Waals surface area contributed by atoms with Crippen LogP contribution in [0.5, 0.6) is 11.5 Å². The summed E-state index contributed by atoms with van der Waals surface area (Å²) in [5, 5.41) is 3.79. The molecule has 0 atom stereocenters. The second kappa shape index (κ2) is 5.54. The molecule has 0 spiro atoms. The molecule has 0 aromatic heterocycles. The molecule has 108 valence electrons. The largest absolute Gasteiger partial charge is 0.454 e. The van der Waals surface area contributed by atoms with Crippen LogP contribution in [-0.2, 0) is 6.54 Å². The molecule has 0 bridgehead atoms. The summed E-state index contributed by atoms with van der Waals surface area (Å²) in [4.78, 5) is 11.0. The first-order chi connectivity index (χ1) is 10.1. The van der Waals surface area contributed by atoms with Gasteiger partial charge in [-0.15, -0.1) is 0 Å². The zero-order valence-corrected chi connectivity index (χ0v) is 11.8. The molecule has 2 aromatic rings. The standard InChI is InChI=1S/C15H13ClN2O3/c16-11-5-13-14(21-8-20-13)6-12(11)18-7-9-1-3-10(4-2-9)15(17)19/h1-6,18H,7-8H2,(H2,17,19). The topological polar surface area (TPSA) is 73.6 Å². The van der Waals surface area contributed by atoms with Crippen LogP contribution in [0.15, 0.2) is 36.4 Å². The van der Waals surface area contributed by atoms with Gasteiger partial charge in [0.1, 0.15) is 0 Å². The van der Waals surface area contributed by atoms with Gasteiger partial charge in [-0.3, -0.25) is 4.79 Å². The third-order valence-electron chi connectivity index (χ3n) is 3.18. The summed E-state index contributed by atoms with van der Waals surface area (Å²) in [5.74, 6) is 0.885. The quantitative estimate of drug-likeness (QED) is 0.911. The van der Waals surface area contributed by atoms with Crippen LogP contribution in [0, 0.1) is 0 Å². The van der Waals surface area contributed by atoms with E-state index in [0.717, 1.165) is 11.3 Å². The Labute approximate surface area is 126 Å². The first-order valence-corrected chi connectivity index (χ1v) is 6.73. The fourth-order valence-corrected chi connectivity index (χ4v) is 2.26. The van der Waals surface area contributed by atoms with Crippen LogP contribution in [0.2, 0.25) is 5.02 Å². The van der Waals surface area contributed by atoms with Crippen molar-refractivity contribution in [3.05, 3.63) is 52.5 Å². The molecule has 1 amide bonds. The zero-order valence-electron chi connectivity index (χ0n) is 11.1. The highest BCUT2D eigenvalue weighted by Crippen LogP contribution is 2.39. The Morgan fingerprint density at radius 1 is 1.19 bits per heavy atom. The Morgan fingerprint density at radius 2 is 1.86 bits per heavy atom. The van der Waals surface area contributed by atoms with Crippen molar-refractivity contribution in [2.24, 2.45) is 5.73 Å². The first-order valence-electron chi connectivity index (χ1n) is 6.35. The van der Waals surface area contributed by atoms with Gasteiger partial charge in [0, 0.05) is 24.2 Å². The first kappa shape index (κ1) is 13.6. The number of benzene rings is 2. The van der Waals surface area contributed by atoms with Gasteiger partial charge in [-0.05, 0) is 17.7 Å². The molecule has 6 heteroatoms. The Morgan fingerprint density at radius 3 is 2.52 bits per heavy atom. The number of primary amides is 1. The summed E-state index contributed by atoms with van der Waals surface area (Å²) >= 11 is 6.18. The molecule has 1 heterocycles. The van der Waals surface area contributed by atoms with E-state index in [1.54, 1.807) is 18.2 Å². The fraction of sp³-hybridized carbons (Fsp3) is 0.133. The lowest BCUT2D eigenvalue weighted by molar-refractivity contribution is 0.100. The van der Waals surface area contributed by atoms with Gasteiger partial charge in [0.15, 0.2) is 11.5 Å². The maximum atomic E-state index is 11.0. The van der Waals surface area contributed by atoms with E-state index in [1.807, 2.05) is 18.2 Å². The van der Waals surface area contributed by atoms with Gasteiger partial charge in [-0.1, -0.05) is 23.7 Å². The number of rotatable bonds is 4. The Bertz CT molecular complexity index is 686. The van der Waals surface area contributed by atoms with Crippen molar-refractivity contribution >= 4 is 23.2 Å². The highest BCUT2D eigenvalue weighted by atomic mass is 35.5. The van der Waals surface area contributed by atoms with Crippen LogP contribution in [0.1, 0.15) is 15.9 Å². The van der Waals surface area contributed by atoms with Gasteiger partial charge in [0.25, 0.3) is 0 Å². The predicted molar refractivity (Wildman–Crippen MR) is 79.9 cm³/mol. The molecule has 0 radical (unpaired) electrons. The zero-order chi connectivity index (χ0) is 14.8. The van der Waals surface area contributed by atoms with Crippen LogP contribution < -0.4 is 20.5 Å². The van der Waals surface area contributed by atoms with Crippen LogP contribution in [0.4, 0.5) is 5.69 Å². The molecule has 0 fully saturated rings. The molecule has 2 aromatic carbocycles. The number of anilines is 1. The SMILES string of the molecule is NC(=O)c1ccc(CNc2cc3c(cc2Cl)OCO3)cc1. The van der Waals surface area contributed by atoms with Crippen molar-refractivity contribution < 1.29 is 14.3 Å². The molecule has 21 heavy (non-hydrogen) atoms. The number of nitrogens with one attached hydrogen (secondary N) is 1. The van der Waals surface area contributed by atoms with Crippen LogP contribution >= 0.6 is 11.6 Å². The molecule has 0 unspecified atom stereocenters. The van der Waals surface area contributed by atoms with Crippen molar-refractivity contribution in [2.45, 2.75) is 6.54 Å². The van der Waals surface area contributed by atoms with Gasteiger partial charge >= 0.3 is 0 Å². The molecule has 0 aliphatic carbocycles. The highest BCUT2D eigenvalue weighted by Gasteiger charge is 2.16. The number of fused-ring (bicyclic) bond motifs is 1. The van der Waals surface area contributed by atoms with Crippen molar-refractivity contribution in [1.82, 2.24) is 0 Å². The van der Waals surface area contributed by atoms with E-state index in [-0.39, 0.29) is 6.79 Å². The number of halogens is 1. The smallest absolute Gasteiger partial charge is 0.248 e. The van der Waals surface area contributed by atoms with Gasteiger partial charge in [0.2, 0.25) is 12.7 Å². The summed E-state index contributed by atoms with van der Waals surface area (Å²) in [5.41, 5.74) is 7.46. The lowest BCUT2D eigenvalue weighted by Gasteiger charge is -2.10. The Kier molecular flexibility index (Phi) is 3.58. The van der Waals surface area contributed by atoms with Gasteiger partial charge in [-0.25, -0.2) is 0 Å².